The number of nitrogen functional groups attached to an aromatic ring is 1. The van der Waals surface area contributed by atoms with E-state index in [0.717, 1.165) is 17.4 Å². The van der Waals surface area contributed by atoms with Gasteiger partial charge in [0, 0.05) is 11.3 Å². The van der Waals surface area contributed by atoms with Gasteiger partial charge in [-0.25, -0.2) is 5.84 Å². The summed E-state index contributed by atoms with van der Waals surface area (Å²) in [6.07, 6.45) is 5.62. The Balaban J connectivity index is 1.62. The van der Waals surface area contributed by atoms with Crippen LogP contribution in [0.2, 0.25) is 0 Å². The molecule has 0 saturated heterocycles. The van der Waals surface area contributed by atoms with Crippen molar-refractivity contribution in [1.82, 2.24) is 5.43 Å². The van der Waals surface area contributed by atoms with E-state index in [4.69, 9.17) is 10.6 Å². The molecule has 110 valence electrons. The first kappa shape index (κ1) is 15.2. The van der Waals surface area contributed by atoms with E-state index < -0.39 is 0 Å². The van der Waals surface area contributed by atoms with E-state index >= 15 is 0 Å². The molecule has 0 aliphatic heterocycles. The second-order valence-electron chi connectivity index (χ2n) is 5.07. The quantitative estimate of drug-likeness (QED) is 0.351. The average Bonchev–Trinajstić information content (AvgIpc) is 3.00. The van der Waals surface area contributed by atoms with E-state index in [1.165, 1.54) is 31.4 Å². The molecule has 1 fully saturated rings. The summed E-state index contributed by atoms with van der Waals surface area (Å²) in [5.41, 5.74) is 2.64. The van der Waals surface area contributed by atoms with Crippen LogP contribution in [0.5, 0.6) is 5.75 Å². The molecule has 20 heavy (non-hydrogen) atoms. The monoisotopic (exact) mass is 294 g/mol. The summed E-state index contributed by atoms with van der Waals surface area (Å²) < 4.78 is 5.66. The van der Waals surface area contributed by atoms with Crippen LogP contribution in [0.25, 0.3) is 0 Å². The number of hydrogen-bond acceptors (Lipinski definition) is 4. The van der Waals surface area contributed by atoms with Crippen molar-refractivity contribution >= 4 is 17.7 Å². The lowest BCUT2D eigenvalue weighted by atomic mass is 10.1. The molecule has 0 radical (unpaired) electrons. The molecule has 0 bridgehead atoms. The molecule has 1 aliphatic rings. The Morgan fingerprint density at radius 3 is 2.65 bits per heavy atom. The van der Waals surface area contributed by atoms with Gasteiger partial charge in [-0.2, -0.15) is 11.8 Å². The van der Waals surface area contributed by atoms with Crippen LogP contribution in [-0.2, 0) is 0 Å². The van der Waals surface area contributed by atoms with Gasteiger partial charge >= 0.3 is 0 Å². The third kappa shape index (κ3) is 4.72. The zero-order valence-corrected chi connectivity index (χ0v) is 12.5. The molecule has 0 heterocycles. The molecule has 2 rings (SSSR count). The number of hydrogen-bond donors (Lipinski definition) is 2. The molecule has 1 saturated carbocycles. The second kappa shape index (κ2) is 8.17. The van der Waals surface area contributed by atoms with Crippen molar-refractivity contribution < 1.29 is 9.53 Å². The minimum Gasteiger partial charge on any atom is -0.493 e. The molecule has 0 atom stereocenters. The largest absolute Gasteiger partial charge is 0.493 e. The maximum Gasteiger partial charge on any atom is 0.265 e. The van der Waals surface area contributed by atoms with Gasteiger partial charge in [-0.15, -0.1) is 0 Å². The molecule has 3 N–H and O–H groups in total. The molecular formula is C15H22N2O2S. The van der Waals surface area contributed by atoms with Gasteiger partial charge in [0.2, 0.25) is 0 Å². The Labute approximate surface area is 124 Å². The zero-order chi connectivity index (χ0) is 14.2. The molecule has 1 aromatic carbocycles. The average molecular weight is 294 g/mol. The molecule has 0 unspecified atom stereocenters. The number of amides is 1. The van der Waals surface area contributed by atoms with Gasteiger partial charge in [0.25, 0.3) is 5.91 Å². The number of carbonyl (C=O) groups is 1. The first-order valence-electron chi connectivity index (χ1n) is 7.11. The summed E-state index contributed by atoms with van der Waals surface area (Å²) in [5.74, 6) is 8.78. The molecule has 1 aromatic rings. The van der Waals surface area contributed by atoms with E-state index in [9.17, 15) is 4.79 Å². The highest BCUT2D eigenvalue weighted by molar-refractivity contribution is 7.99. The van der Waals surface area contributed by atoms with Gasteiger partial charge in [-0.1, -0.05) is 12.8 Å². The normalized spacial score (nSPS) is 15.2. The molecule has 0 spiro atoms. The lowest BCUT2D eigenvalue weighted by molar-refractivity contribution is 0.0953. The van der Waals surface area contributed by atoms with E-state index in [-0.39, 0.29) is 5.91 Å². The standard InChI is InChI=1S/C15H22N2O2S/c16-17-15(18)13-5-7-14(8-6-13)19-9-10-20-11-12-3-1-2-4-12/h5-8,12H,1-4,9-11,16H2,(H,17,18). The van der Waals surface area contributed by atoms with Gasteiger partial charge in [-0.3, -0.25) is 10.2 Å². The number of nitrogens with one attached hydrogen (secondary N) is 1. The number of benzene rings is 1. The summed E-state index contributed by atoms with van der Waals surface area (Å²) in [4.78, 5) is 11.3. The van der Waals surface area contributed by atoms with Crippen molar-refractivity contribution in [2.75, 3.05) is 18.1 Å². The second-order valence-corrected chi connectivity index (χ2v) is 6.22. The number of ether oxygens (including phenoxy) is 1. The Hall–Kier alpha value is -1.20. The fourth-order valence-corrected chi connectivity index (χ4v) is 3.47. The van der Waals surface area contributed by atoms with Gasteiger partial charge in [0.05, 0.1) is 6.61 Å². The van der Waals surface area contributed by atoms with Crippen molar-refractivity contribution in [3.8, 4) is 5.75 Å². The lowest BCUT2D eigenvalue weighted by Gasteiger charge is -2.09. The molecule has 4 nitrogen and oxygen atoms in total. The first-order valence-corrected chi connectivity index (χ1v) is 8.26. The fourth-order valence-electron chi connectivity index (χ4n) is 2.43. The van der Waals surface area contributed by atoms with Gasteiger partial charge in [-0.05, 0) is 48.8 Å². The highest BCUT2D eigenvalue weighted by atomic mass is 32.2. The molecule has 1 aliphatic carbocycles. The summed E-state index contributed by atoms with van der Waals surface area (Å²) >= 11 is 1.98. The van der Waals surface area contributed by atoms with E-state index in [2.05, 4.69) is 5.43 Å². The molecule has 1 amide bonds. The highest BCUT2D eigenvalue weighted by Gasteiger charge is 2.14. The van der Waals surface area contributed by atoms with E-state index in [1.54, 1.807) is 24.3 Å². The smallest absolute Gasteiger partial charge is 0.265 e. The van der Waals surface area contributed by atoms with Crippen molar-refractivity contribution in [2.45, 2.75) is 25.7 Å². The minimum absolute atomic E-state index is 0.288. The number of hydrazine groups is 1. The van der Waals surface area contributed by atoms with Crippen molar-refractivity contribution in [3.05, 3.63) is 29.8 Å². The van der Waals surface area contributed by atoms with Crippen LogP contribution < -0.4 is 16.0 Å². The lowest BCUT2D eigenvalue weighted by Crippen LogP contribution is -2.29. The van der Waals surface area contributed by atoms with Crippen molar-refractivity contribution in [1.29, 1.82) is 0 Å². The number of nitrogens with two attached hydrogens (primary N) is 1. The fraction of sp³-hybridized carbons (Fsp3) is 0.533. The van der Waals surface area contributed by atoms with E-state index in [1.807, 2.05) is 11.8 Å². The van der Waals surface area contributed by atoms with Gasteiger partial charge < -0.3 is 4.74 Å². The molecular weight excluding hydrogens is 272 g/mol. The van der Waals surface area contributed by atoms with Crippen LogP contribution in [-0.4, -0.2) is 24.0 Å². The van der Waals surface area contributed by atoms with Crippen LogP contribution in [0.1, 0.15) is 36.0 Å². The number of rotatable bonds is 7. The Morgan fingerprint density at radius 1 is 1.30 bits per heavy atom. The predicted molar refractivity (Wildman–Crippen MR) is 82.9 cm³/mol. The van der Waals surface area contributed by atoms with Crippen LogP contribution in [0.3, 0.4) is 0 Å². The molecule has 0 aromatic heterocycles. The Bertz CT molecular complexity index is 416. The summed E-state index contributed by atoms with van der Waals surface area (Å²) in [6, 6.07) is 7.02. The van der Waals surface area contributed by atoms with Crippen molar-refractivity contribution in [3.63, 3.8) is 0 Å². The van der Waals surface area contributed by atoms with Crippen LogP contribution in [0.4, 0.5) is 0 Å². The summed E-state index contributed by atoms with van der Waals surface area (Å²) in [7, 11) is 0. The van der Waals surface area contributed by atoms with Crippen LogP contribution >= 0.6 is 11.8 Å². The number of thioether (sulfide) groups is 1. The SMILES string of the molecule is NNC(=O)c1ccc(OCCSCC2CCCC2)cc1. The van der Waals surface area contributed by atoms with Gasteiger partial charge in [0.15, 0.2) is 0 Å². The summed E-state index contributed by atoms with van der Waals surface area (Å²) in [6.45, 7) is 0.708. The number of carbonyl (C=O) groups excluding carboxylic acids is 1. The zero-order valence-electron chi connectivity index (χ0n) is 11.6. The van der Waals surface area contributed by atoms with Crippen LogP contribution in [0, 0.1) is 5.92 Å². The Morgan fingerprint density at radius 2 is 2.00 bits per heavy atom. The third-order valence-electron chi connectivity index (χ3n) is 3.57. The van der Waals surface area contributed by atoms with Crippen LogP contribution in [0.15, 0.2) is 24.3 Å². The first-order chi connectivity index (χ1) is 9.79. The maximum absolute atomic E-state index is 11.3. The molecule has 5 heteroatoms. The minimum atomic E-state index is -0.288. The Kier molecular flexibility index (Phi) is 6.21. The van der Waals surface area contributed by atoms with Crippen molar-refractivity contribution in [2.24, 2.45) is 11.8 Å². The third-order valence-corrected chi connectivity index (χ3v) is 4.73. The predicted octanol–water partition coefficient (Wildman–Crippen LogP) is 2.59. The maximum atomic E-state index is 11.3. The summed E-state index contributed by atoms with van der Waals surface area (Å²) in [5, 5.41) is 0. The highest BCUT2D eigenvalue weighted by Crippen LogP contribution is 2.27. The van der Waals surface area contributed by atoms with Gasteiger partial charge in [0.1, 0.15) is 5.75 Å². The topological polar surface area (TPSA) is 64.3 Å². The van der Waals surface area contributed by atoms with E-state index in [0.29, 0.717) is 12.2 Å².